The molecule has 2 aromatic carbocycles. The van der Waals surface area contributed by atoms with Crippen LogP contribution in [0.15, 0.2) is 95.0 Å². The first-order chi connectivity index (χ1) is 21.0. The average molecular weight is 624 g/mol. The standard InChI is InChI=1S/C33H25N3O4S3/c37-30(19-23-8-4-16-41-23)34-28-12-3-7-22(33(28)40-32(39)21-25-10-6-18-43-25)14-15-27-26-11-1-2-13-29(26)36(35-27)31(38)20-24-9-5-17-42-24/h1-18H,19-21H2,(H,34,37). The highest BCUT2D eigenvalue weighted by Gasteiger charge is 2.18. The van der Waals surface area contributed by atoms with Gasteiger partial charge in [0.05, 0.1) is 36.2 Å². The molecule has 4 heterocycles. The molecule has 4 aromatic heterocycles. The van der Waals surface area contributed by atoms with Gasteiger partial charge in [-0.05, 0) is 58.6 Å². The highest BCUT2D eigenvalue weighted by atomic mass is 32.1. The van der Waals surface area contributed by atoms with E-state index >= 15 is 0 Å². The Balaban J connectivity index is 1.32. The number of nitrogens with one attached hydrogen (secondary N) is 1. The molecular formula is C33H25N3O4S3. The zero-order chi connectivity index (χ0) is 29.6. The number of hydrogen-bond acceptors (Lipinski definition) is 8. The van der Waals surface area contributed by atoms with Crippen molar-refractivity contribution in [1.82, 2.24) is 9.78 Å². The highest BCUT2D eigenvalue weighted by Crippen LogP contribution is 2.32. The third-order valence-corrected chi connectivity index (χ3v) is 9.16. The molecule has 0 aliphatic carbocycles. The second-order valence-corrected chi connectivity index (χ2v) is 12.7. The number of esters is 1. The smallest absolute Gasteiger partial charge is 0.316 e. The van der Waals surface area contributed by atoms with Crippen molar-refractivity contribution in [1.29, 1.82) is 0 Å². The topological polar surface area (TPSA) is 90.3 Å². The molecule has 6 rings (SSSR count). The summed E-state index contributed by atoms with van der Waals surface area (Å²) in [5.74, 6) is -0.534. The molecule has 0 saturated heterocycles. The number of nitrogens with zero attached hydrogens (tertiary/aromatic N) is 2. The van der Waals surface area contributed by atoms with E-state index in [2.05, 4.69) is 10.4 Å². The van der Waals surface area contributed by atoms with Crippen LogP contribution >= 0.6 is 34.0 Å². The van der Waals surface area contributed by atoms with E-state index in [1.54, 1.807) is 30.4 Å². The maximum atomic E-state index is 13.2. The fourth-order valence-corrected chi connectivity index (χ4v) is 6.67. The van der Waals surface area contributed by atoms with Crippen LogP contribution in [0.4, 0.5) is 5.69 Å². The summed E-state index contributed by atoms with van der Waals surface area (Å²) in [6.07, 6.45) is 4.15. The second kappa shape index (κ2) is 13.1. The van der Waals surface area contributed by atoms with Gasteiger partial charge < -0.3 is 10.1 Å². The Labute approximate surface area is 259 Å². The number of carbonyl (C=O) groups excluding carboxylic acids is 3. The molecular weight excluding hydrogens is 599 g/mol. The molecule has 43 heavy (non-hydrogen) atoms. The minimum absolute atomic E-state index is 0.111. The molecule has 0 aliphatic heterocycles. The number of hydrogen-bond donors (Lipinski definition) is 1. The van der Waals surface area contributed by atoms with Gasteiger partial charge in [0.2, 0.25) is 5.91 Å². The molecule has 10 heteroatoms. The van der Waals surface area contributed by atoms with Crippen LogP contribution < -0.4 is 10.1 Å². The average Bonchev–Trinajstić information content (AvgIpc) is 3.82. The minimum Gasteiger partial charge on any atom is -0.423 e. The molecule has 0 spiro atoms. The first kappa shape index (κ1) is 28.5. The number of benzene rings is 2. The third-order valence-electron chi connectivity index (χ3n) is 6.53. The molecule has 6 aromatic rings. The Bertz CT molecular complexity index is 1900. The van der Waals surface area contributed by atoms with E-state index < -0.39 is 5.97 Å². The van der Waals surface area contributed by atoms with Crippen LogP contribution in [0, 0.1) is 0 Å². The number of ether oxygens (including phenoxy) is 1. The summed E-state index contributed by atoms with van der Waals surface area (Å²) in [6, 6.07) is 24.3. The van der Waals surface area contributed by atoms with Crippen LogP contribution in [0.3, 0.4) is 0 Å². The molecule has 1 N–H and O–H groups in total. The summed E-state index contributed by atoms with van der Waals surface area (Å²) in [4.78, 5) is 41.8. The number of amides is 1. The van der Waals surface area contributed by atoms with Crippen LogP contribution in [-0.2, 0) is 28.9 Å². The molecule has 1 amide bonds. The minimum atomic E-state index is -0.439. The van der Waals surface area contributed by atoms with Crippen molar-refractivity contribution in [2.24, 2.45) is 0 Å². The fourth-order valence-electron chi connectivity index (χ4n) is 4.58. The normalized spacial score (nSPS) is 11.3. The predicted molar refractivity (Wildman–Crippen MR) is 174 cm³/mol. The van der Waals surface area contributed by atoms with Gasteiger partial charge in [-0.3, -0.25) is 14.4 Å². The number of rotatable bonds is 10. The van der Waals surface area contributed by atoms with Gasteiger partial charge in [0, 0.05) is 25.6 Å². The lowest BCUT2D eigenvalue weighted by atomic mass is 10.1. The number of para-hydroxylation sites is 2. The Morgan fingerprint density at radius 3 is 2.12 bits per heavy atom. The van der Waals surface area contributed by atoms with Crippen LogP contribution in [0.25, 0.3) is 23.1 Å². The van der Waals surface area contributed by atoms with E-state index in [0.717, 1.165) is 20.0 Å². The Morgan fingerprint density at radius 1 is 0.744 bits per heavy atom. The van der Waals surface area contributed by atoms with Crippen molar-refractivity contribution in [3.8, 4) is 5.75 Å². The lowest BCUT2D eigenvalue weighted by molar-refractivity contribution is -0.133. The quantitative estimate of drug-likeness (QED) is 0.125. The zero-order valence-electron chi connectivity index (χ0n) is 22.8. The molecule has 0 radical (unpaired) electrons. The third kappa shape index (κ3) is 6.89. The Morgan fingerprint density at radius 2 is 1.42 bits per heavy atom. The summed E-state index contributed by atoms with van der Waals surface area (Å²) < 4.78 is 7.33. The number of aromatic nitrogens is 2. The van der Waals surface area contributed by atoms with E-state index in [4.69, 9.17) is 4.74 Å². The SMILES string of the molecule is O=C(Cc1cccs1)Nc1cccc(C=Cc2nn(C(=O)Cc3cccs3)c3ccccc23)c1OC(=O)Cc1cccs1. The summed E-state index contributed by atoms with van der Waals surface area (Å²) in [5, 5.41) is 14.2. The van der Waals surface area contributed by atoms with Gasteiger partial charge >= 0.3 is 5.97 Å². The first-order valence-electron chi connectivity index (χ1n) is 13.4. The summed E-state index contributed by atoms with van der Waals surface area (Å²) in [6.45, 7) is 0. The van der Waals surface area contributed by atoms with E-state index in [-0.39, 0.29) is 36.8 Å². The molecule has 0 bridgehead atoms. The van der Waals surface area contributed by atoms with Crippen molar-refractivity contribution in [3.05, 3.63) is 121 Å². The molecule has 0 unspecified atom stereocenters. The lowest BCUT2D eigenvalue weighted by Crippen LogP contribution is -2.17. The van der Waals surface area contributed by atoms with Gasteiger partial charge in [0.15, 0.2) is 5.75 Å². The number of fused-ring (bicyclic) bond motifs is 1. The van der Waals surface area contributed by atoms with E-state index in [0.29, 0.717) is 22.5 Å². The fraction of sp³-hybridized carbons (Fsp3) is 0.0909. The second-order valence-electron chi connectivity index (χ2n) is 9.56. The van der Waals surface area contributed by atoms with Crippen molar-refractivity contribution in [2.45, 2.75) is 19.3 Å². The van der Waals surface area contributed by atoms with Crippen molar-refractivity contribution in [2.75, 3.05) is 5.32 Å². The molecule has 0 fully saturated rings. The predicted octanol–water partition coefficient (Wildman–Crippen LogP) is 7.60. The van der Waals surface area contributed by atoms with Crippen LogP contribution in [0.1, 0.15) is 30.7 Å². The maximum Gasteiger partial charge on any atom is 0.316 e. The molecule has 0 atom stereocenters. The highest BCUT2D eigenvalue weighted by molar-refractivity contribution is 7.10. The lowest BCUT2D eigenvalue weighted by Gasteiger charge is -2.14. The van der Waals surface area contributed by atoms with E-state index in [1.165, 1.54) is 38.7 Å². The first-order valence-corrected chi connectivity index (χ1v) is 16.1. The van der Waals surface area contributed by atoms with Crippen LogP contribution in [0.2, 0.25) is 0 Å². The van der Waals surface area contributed by atoms with Gasteiger partial charge in [0.25, 0.3) is 5.91 Å². The summed E-state index contributed by atoms with van der Waals surface area (Å²) in [7, 11) is 0. The van der Waals surface area contributed by atoms with Gasteiger partial charge in [-0.15, -0.1) is 34.0 Å². The van der Waals surface area contributed by atoms with Crippen molar-refractivity contribution in [3.63, 3.8) is 0 Å². The van der Waals surface area contributed by atoms with Crippen molar-refractivity contribution < 1.29 is 19.1 Å². The largest absolute Gasteiger partial charge is 0.423 e. The zero-order valence-corrected chi connectivity index (χ0v) is 25.2. The van der Waals surface area contributed by atoms with E-state index in [1.807, 2.05) is 76.8 Å². The van der Waals surface area contributed by atoms with Gasteiger partial charge in [-0.2, -0.15) is 9.78 Å². The summed E-state index contributed by atoms with van der Waals surface area (Å²) >= 11 is 4.51. The van der Waals surface area contributed by atoms with E-state index in [9.17, 15) is 14.4 Å². The van der Waals surface area contributed by atoms with Crippen LogP contribution in [-0.4, -0.2) is 27.6 Å². The molecule has 0 saturated carbocycles. The van der Waals surface area contributed by atoms with Crippen molar-refractivity contribution >= 4 is 80.5 Å². The Kier molecular flexibility index (Phi) is 8.69. The Hall–Kier alpha value is -4.64. The summed E-state index contributed by atoms with van der Waals surface area (Å²) in [5.41, 5.74) is 2.28. The van der Waals surface area contributed by atoms with Gasteiger partial charge in [-0.25, -0.2) is 0 Å². The molecule has 7 nitrogen and oxygen atoms in total. The molecule has 0 aliphatic rings. The van der Waals surface area contributed by atoms with Crippen LogP contribution in [0.5, 0.6) is 5.75 Å². The number of thiophene rings is 3. The number of carbonyl (C=O) groups is 3. The number of anilines is 1. The molecule has 214 valence electrons. The maximum absolute atomic E-state index is 13.2. The van der Waals surface area contributed by atoms with Gasteiger partial charge in [0.1, 0.15) is 0 Å². The monoisotopic (exact) mass is 623 g/mol. The van der Waals surface area contributed by atoms with Gasteiger partial charge in [-0.1, -0.05) is 48.5 Å².